The van der Waals surface area contributed by atoms with E-state index >= 15 is 0 Å². The number of aromatic nitrogens is 3. The van der Waals surface area contributed by atoms with Gasteiger partial charge in [0.15, 0.2) is 0 Å². The van der Waals surface area contributed by atoms with E-state index in [1.807, 2.05) is 19.9 Å². The zero-order chi connectivity index (χ0) is 41.8. The molecular formula is C58H44N4. The third-order valence-corrected chi connectivity index (χ3v) is 11.4. The summed E-state index contributed by atoms with van der Waals surface area (Å²) in [5, 5.41) is 2.51. The lowest BCUT2D eigenvalue weighted by molar-refractivity contribution is 1.17. The lowest BCUT2D eigenvalue weighted by Gasteiger charge is -2.26. The molecule has 0 unspecified atom stereocenters. The molecule has 11 aromatic rings. The van der Waals surface area contributed by atoms with Crippen LogP contribution in [-0.2, 0) is 0 Å². The van der Waals surface area contributed by atoms with Crippen LogP contribution in [0.15, 0.2) is 231 Å². The minimum atomic E-state index is 0.843. The molecule has 0 aliphatic rings. The molecule has 0 saturated carbocycles. The Balaban J connectivity index is 0.00000226. The van der Waals surface area contributed by atoms with Crippen LogP contribution < -0.4 is 4.90 Å². The normalized spacial score (nSPS) is 11.1. The number of hydrogen-bond acceptors (Lipinski definition) is 3. The molecule has 296 valence electrons. The lowest BCUT2D eigenvalue weighted by Crippen LogP contribution is -2.10. The van der Waals surface area contributed by atoms with E-state index in [0.29, 0.717) is 0 Å². The van der Waals surface area contributed by atoms with Gasteiger partial charge in [-0.25, -0.2) is 9.97 Å². The van der Waals surface area contributed by atoms with E-state index in [2.05, 4.69) is 234 Å². The highest BCUT2D eigenvalue weighted by Gasteiger charge is 2.19. The molecule has 4 nitrogen and oxygen atoms in total. The minimum Gasteiger partial charge on any atom is -0.311 e. The molecule has 0 amide bonds. The smallest absolute Gasteiger partial charge is 0.0973 e. The van der Waals surface area contributed by atoms with Crippen molar-refractivity contribution in [3.63, 3.8) is 0 Å². The summed E-state index contributed by atoms with van der Waals surface area (Å²) in [6, 6.07) is 81.3. The van der Waals surface area contributed by atoms with Crippen molar-refractivity contribution in [3.05, 3.63) is 231 Å². The molecular weight excluding hydrogens is 753 g/mol. The van der Waals surface area contributed by atoms with Gasteiger partial charge in [-0.2, -0.15) is 0 Å². The van der Waals surface area contributed by atoms with Crippen molar-refractivity contribution in [2.24, 2.45) is 0 Å². The summed E-state index contributed by atoms with van der Waals surface area (Å²) < 4.78 is 2.36. The van der Waals surface area contributed by atoms with Crippen LogP contribution in [0, 0.1) is 0 Å². The first kappa shape index (κ1) is 38.1. The van der Waals surface area contributed by atoms with Crippen molar-refractivity contribution in [2.45, 2.75) is 13.8 Å². The van der Waals surface area contributed by atoms with Gasteiger partial charge in [0.05, 0.1) is 33.5 Å². The van der Waals surface area contributed by atoms with Crippen LogP contribution >= 0.6 is 0 Å². The predicted octanol–water partition coefficient (Wildman–Crippen LogP) is 15.9. The van der Waals surface area contributed by atoms with E-state index in [0.717, 1.165) is 73.0 Å². The Morgan fingerprint density at radius 2 is 0.790 bits per heavy atom. The van der Waals surface area contributed by atoms with Gasteiger partial charge in [-0.3, -0.25) is 0 Å². The molecule has 62 heavy (non-hydrogen) atoms. The minimum absolute atomic E-state index is 0.843. The molecule has 2 aromatic heterocycles. The van der Waals surface area contributed by atoms with Crippen LogP contribution in [-0.4, -0.2) is 14.5 Å². The van der Waals surface area contributed by atoms with Gasteiger partial charge in [0, 0.05) is 50.2 Å². The Hall–Kier alpha value is -8.08. The third kappa shape index (κ3) is 6.98. The second-order valence-electron chi connectivity index (χ2n) is 15.0. The van der Waals surface area contributed by atoms with Gasteiger partial charge in [-0.15, -0.1) is 0 Å². The maximum Gasteiger partial charge on any atom is 0.0973 e. The summed E-state index contributed by atoms with van der Waals surface area (Å²) in [6.45, 7) is 4.00. The largest absolute Gasteiger partial charge is 0.311 e. The molecule has 0 radical (unpaired) electrons. The summed E-state index contributed by atoms with van der Waals surface area (Å²) in [4.78, 5) is 13.2. The van der Waals surface area contributed by atoms with Crippen molar-refractivity contribution in [1.29, 1.82) is 0 Å². The highest BCUT2D eigenvalue weighted by Crippen LogP contribution is 2.41. The van der Waals surface area contributed by atoms with Crippen molar-refractivity contribution >= 4 is 49.9 Å². The fourth-order valence-corrected chi connectivity index (χ4v) is 8.62. The Labute approximate surface area is 362 Å². The van der Waals surface area contributed by atoms with Gasteiger partial charge in [0.25, 0.3) is 0 Å². The Kier molecular flexibility index (Phi) is 10.4. The van der Waals surface area contributed by atoms with Crippen LogP contribution in [0.1, 0.15) is 13.8 Å². The van der Waals surface area contributed by atoms with Gasteiger partial charge in [0.1, 0.15) is 0 Å². The van der Waals surface area contributed by atoms with Crippen LogP contribution in [0.4, 0.5) is 17.1 Å². The number of fused-ring (bicyclic) bond motifs is 4. The molecule has 11 rings (SSSR count). The number of para-hydroxylation sites is 4. The summed E-state index contributed by atoms with van der Waals surface area (Å²) >= 11 is 0. The average molecular weight is 797 g/mol. The molecule has 0 bridgehead atoms. The lowest BCUT2D eigenvalue weighted by atomic mass is 9.93. The molecule has 0 fully saturated rings. The molecule has 0 aliphatic carbocycles. The van der Waals surface area contributed by atoms with Gasteiger partial charge in [0.2, 0.25) is 0 Å². The van der Waals surface area contributed by atoms with Crippen molar-refractivity contribution < 1.29 is 0 Å². The highest BCUT2D eigenvalue weighted by atomic mass is 15.1. The molecule has 0 atom stereocenters. The maximum absolute atomic E-state index is 5.48. The zero-order valence-electron chi connectivity index (χ0n) is 34.7. The second-order valence-corrected chi connectivity index (χ2v) is 15.0. The Bertz CT molecular complexity index is 3230. The summed E-state index contributed by atoms with van der Waals surface area (Å²) in [5.41, 5.74) is 16.7. The van der Waals surface area contributed by atoms with Crippen LogP contribution in [0.25, 0.3) is 83.3 Å². The second kappa shape index (κ2) is 16.9. The molecule has 0 aliphatic heterocycles. The quantitative estimate of drug-likeness (QED) is 0.154. The summed E-state index contributed by atoms with van der Waals surface area (Å²) in [5.74, 6) is 0. The van der Waals surface area contributed by atoms with Crippen LogP contribution in [0.5, 0.6) is 0 Å². The molecule has 0 N–H and O–H groups in total. The van der Waals surface area contributed by atoms with E-state index in [1.165, 1.54) is 27.4 Å². The fourth-order valence-electron chi connectivity index (χ4n) is 8.62. The van der Waals surface area contributed by atoms with Crippen molar-refractivity contribution in [3.8, 4) is 50.5 Å². The Morgan fingerprint density at radius 3 is 1.42 bits per heavy atom. The Morgan fingerprint density at radius 1 is 0.339 bits per heavy atom. The number of hydrogen-bond donors (Lipinski definition) is 0. The first-order valence-electron chi connectivity index (χ1n) is 21.3. The third-order valence-electron chi connectivity index (χ3n) is 11.4. The standard InChI is InChI=1S/C56H38N4.C2H6/c1-4-17-39(18-5-1)46-23-10-11-24-47(46)50-27-16-28-51-56(50)58-55(40-19-6-2-7-20-40)54(57-51)41-31-33-43(34-32-41)59(42-21-8-3-9-22-42)44-35-37-45(38-36-44)60-52-29-14-12-25-48(52)49-26-13-15-30-53(49)60;1-2/h1-38H;1-2H3. The van der Waals surface area contributed by atoms with E-state index in [-0.39, 0.29) is 0 Å². The van der Waals surface area contributed by atoms with E-state index in [9.17, 15) is 0 Å². The zero-order valence-corrected chi connectivity index (χ0v) is 34.7. The average Bonchev–Trinajstić information content (AvgIpc) is 3.70. The van der Waals surface area contributed by atoms with Crippen LogP contribution in [0.3, 0.4) is 0 Å². The number of anilines is 3. The molecule has 0 saturated heterocycles. The van der Waals surface area contributed by atoms with E-state index < -0.39 is 0 Å². The number of nitrogens with zero attached hydrogens (tertiary/aromatic N) is 4. The number of rotatable bonds is 8. The first-order valence-corrected chi connectivity index (χ1v) is 21.3. The van der Waals surface area contributed by atoms with Gasteiger partial charge in [-0.1, -0.05) is 178 Å². The summed E-state index contributed by atoms with van der Waals surface area (Å²) in [6.07, 6.45) is 0. The maximum atomic E-state index is 5.48. The molecule has 4 heteroatoms. The topological polar surface area (TPSA) is 34.0 Å². The monoisotopic (exact) mass is 796 g/mol. The predicted molar refractivity (Wildman–Crippen MR) is 262 cm³/mol. The first-order chi connectivity index (χ1) is 30.8. The van der Waals surface area contributed by atoms with Crippen LogP contribution in [0.2, 0.25) is 0 Å². The SMILES string of the molecule is CC.c1ccc(-c2ccccc2-c2cccc3nc(-c4ccc(N(c5ccccc5)c5ccc(-n6c7ccccc7c7ccccc76)cc5)cc4)c(-c4ccccc4)nc23)cc1. The number of benzene rings is 9. The van der Waals surface area contributed by atoms with E-state index in [4.69, 9.17) is 9.97 Å². The van der Waals surface area contributed by atoms with Crippen molar-refractivity contribution in [2.75, 3.05) is 4.90 Å². The summed E-state index contributed by atoms with van der Waals surface area (Å²) in [7, 11) is 0. The fraction of sp³-hybridized carbons (Fsp3) is 0.0345. The van der Waals surface area contributed by atoms with E-state index in [1.54, 1.807) is 0 Å². The van der Waals surface area contributed by atoms with Gasteiger partial charge < -0.3 is 9.47 Å². The highest BCUT2D eigenvalue weighted by molar-refractivity contribution is 6.09. The van der Waals surface area contributed by atoms with Gasteiger partial charge >= 0.3 is 0 Å². The van der Waals surface area contributed by atoms with Gasteiger partial charge in [-0.05, 0) is 83.4 Å². The molecule has 2 heterocycles. The van der Waals surface area contributed by atoms with Crippen molar-refractivity contribution in [1.82, 2.24) is 14.5 Å². The molecule has 0 spiro atoms. The molecule has 9 aromatic carbocycles.